The summed E-state index contributed by atoms with van der Waals surface area (Å²) >= 11 is 0. The number of nitrogens with zero attached hydrogens (tertiary/aromatic N) is 3. The molecule has 2 aromatic heterocycles. The number of likely N-dealkylation sites (N-methyl/N-ethyl adjacent to an activating group) is 1. The van der Waals surface area contributed by atoms with Crippen LogP contribution in [0.1, 0.15) is 0 Å². The summed E-state index contributed by atoms with van der Waals surface area (Å²) in [5, 5.41) is 1.23. The van der Waals surface area contributed by atoms with Crippen LogP contribution in [0.4, 0.5) is 5.69 Å². The molecule has 0 spiro atoms. The lowest BCUT2D eigenvalue weighted by atomic mass is 9.93. The maximum Gasteiger partial charge on any atom is 0.0710 e. The number of aromatic nitrogens is 2. The molecule has 1 aromatic carbocycles. The molecule has 2 saturated heterocycles. The Hall–Kier alpha value is -2.33. The Morgan fingerprint density at radius 3 is 2.83 bits per heavy atom. The van der Waals surface area contributed by atoms with Crippen molar-refractivity contribution in [2.45, 2.75) is 6.04 Å². The molecule has 5 rings (SSSR count). The van der Waals surface area contributed by atoms with Gasteiger partial charge in [0.25, 0.3) is 0 Å². The molecule has 4 heteroatoms. The van der Waals surface area contributed by atoms with Gasteiger partial charge in [-0.1, -0.05) is 12.1 Å². The zero-order valence-electron chi connectivity index (χ0n) is 13.2. The fourth-order valence-corrected chi connectivity index (χ4v) is 4.15. The molecule has 3 aromatic rings. The number of H-pyrrole nitrogens is 1. The Morgan fingerprint density at radius 1 is 1.09 bits per heavy atom. The van der Waals surface area contributed by atoms with E-state index >= 15 is 0 Å². The van der Waals surface area contributed by atoms with E-state index in [-0.39, 0.29) is 0 Å². The minimum absolute atomic E-state index is 0.739. The smallest absolute Gasteiger partial charge is 0.0710 e. The summed E-state index contributed by atoms with van der Waals surface area (Å²) in [6, 6.07) is 13.6. The predicted molar refractivity (Wildman–Crippen MR) is 93.7 cm³/mol. The molecule has 23 heavy (non-hydrogen) atoms. The van der Waals surface area contributed by atoms with Crippen LogP contribution in [-0.4, -0.2) is 47.6 Å². The predicted octanol–water partition coefficient (Wildman–Crippen LogP) is 2.98. The third-order valence-corrected chi connectivity index (χ3v) is 5.48. The molecule has 4 heterocycles. The lowest BCUT2D eigenvalue weighted by molar-refractivity contribution is 0.0827. The van der Waals surface area contributed by atoms with E-state index in [1.165, 1.54) is 29.7 Å². The van der Waals surface area contributed by atoms with Gasteiger partial charge >= 0.3 is 0 Å². The van der Waals surface area contributed by atoms with Gasteiger partial charge in [0.05, 0.1) is 17.6 Å². The van der Waals surface area contributed by atoms with Gasteiger partial charge in [-0.3, -0.25) is 4.98 Å². The maximum atomic E-state index is 4.74. The number of pyridine rings is 1. The van der Waals surface area contributed by atoms with Gasteiger partial charge in [0.2, 0.25) is 0 Å². The van der Waals surface area contributed by atoms with Crippen LogP contribution in [0.3, 0.4) is 0 Å². The Bertz CT molecular complexity index is 851. The third-order valence-electron chi connectivity index (χ3n) is 5.48. The lowest BCUT2D eigenvalue weighted by Gasteiger charge is -2.40. The first-order valence-electron chi connectivity index (χ1n) is 8.27. The molecule has 0 aliphatic carbocycles. The van der Waals surface area contributed by atoms with Crippen LogP contribution in [0.5, 0.6) is 0 Å². The summed E-state index contributed by atoms with van der Waals surface area (Å²) in [6.07, 6.45) is 4.02. The second-order valence-corrected chi connectivity index (χ2v) is 6.82. The van der Waals surface area contributed by atoms with Crippen LogP contribution < -0.4 is 4.90 Å². The van der Waals surface area contributed by atoms with Crippen molar-refractivity contribution in [3.63, 3.8) is 0 Å². The number of hydrogen-bond acceptors (Lipinski definition) is 3. The third kappa shape index (κ3) is 1.98. The van der Waals surface area contributed by atoms with Crippen LogP contribution in [0.25, 0.3) is 22.2 Å². The molecule has 116 valence electrons. The van der Waals surface area contributed by atoms with E-state index in [2.05, 4.69) is 58.2 Å². The highest BCUT2D eigenvalue weighted by molar-refractivity contribution is 5.94. The van der Waals surface area contributed by atoms with Crippen molar-refractivity contribution in [3.05, 3.63) is 48.8 Å². The Balaban J connectivity index is 1.45. The number of benzene rings is 1. The minimum atomic E-state index is 0.739. The number of fused-ring (bicyclic) bond motifs is 2. The van der Waals surface area contributed by atoms with Crippen LogP contribution in [0.15, 0.2) is 48.8 Å². The highest BCUT2D eigenvalue weighted by Gasteiger charge is 2.43. The average Bonchev–Trinajstić information content (AvgIpc) is 3.18. The summed E-state index contributed by atoms with van der Waals surface area (Å²) in [5.74, 6) is 0.841. The molecule has 0 saturated carbocycles. The van der Waals surface area contributed by atoms with E-state index in [1.54, 1.807) is 0 Å². The topological polar surface area (TPSA) is 35.2 Å². The standard InChI is InChI=1S/C19H20N4/c1-22-10-13-11-23(12-19(13)22)14-5-6-18(21-9-14)15-3-2-4-17-16(15)7-8-20-17/h2-9,13,19-20H,10-12H2,1H3/t13-,19+/m1/s1. The van der Waals surface area contributed by atoms with Gasteiger partial charge in [0.15, 0.2) is 0 Å². The monoisotopic (exact) mass is 304 g/mol. The molecule has 2 atom stereocenters. The maximum absolute atomic E-state index is 4.74. The van der Waals surface area contributed by atoms with Crippen molar-refractivity contribution in [2.24, 2.45) is 5.92 Å². The average molecular weight is 304 g/mol. The second kappa shape index (κ2) is 4.83. The summed E-state index contributed by atoms with van der Waals surface area (Å²) in [4.78, 5) is 12.9. The fraction of sp³-hybridized carbons (Fsp3) is 0.316. The van der Waals surface area contributed by atoms with Crippen molar-refractivity contribution in [2.75, 3.05) is 31.6 Å². The summed E-state index contributed by atoms with van der Waals surface area (Å²) in [6.45, 7) is 3.54. The molecule has 0 unspecified atom stereocenters. The van der Waals surface area contributed by atoms with E-state index in [0.717, 1.165) is 29.7 Å². The fourth-order valence-electron chi connectivity index (χ4n) is 4.15. The van der Waals surface area contributed by atoms with Gasteiger partial charge in [-0.15, -0.1) is 0 Å². The summed E-state index contributed by atoms with van der Waals surface area (Å²) < 4.78 is 0. The normalized spacial score (nSPS) is 24.0. The van der Waals surface area contributed by atoms with Gasteiger partial charge in [-0.2, -0.15) is 0 Å². The second-order valence-electron chi connectivity index (χ2n) is 6.82. The van der Waals surface area contributed by atoms with Crippen molar-refractivity contribution in [1.82, 2.24) is 14.9 Å². The van der Waals surface area contributed by atoms with E-state index in [4.69, 9.17) is 4.98 Å². The number of aromatic amines is 1. The van der Waals surface area contributed by atoms with Gasteiger partial charge in [0.1, 0.15) is 0 Å². The quantitative estimate of drug-likeness (QED) is 0.790. The molecular weight excluding hydrogens is 284 g/mol. The van der Waals surface area contributed by atoms with E-state index in [1.807, 2.05) is 12.4 Å². The Morgan fingerprint density at radius 2 is 2.04 bits per heavy atom. The van der Waals surface area contributed by atoms with Crippen LogP contribution >= 0.6 is 0 Å². The molecule has 0 radical (unpaired) electrons. The minimum Gasteiger partial charge on any atom is -0.368 e. The highest BCUT2D eigenvalue weighted by Crippen LogP contribution is 2.34. The number of anilines is 1. The Labute approximate surface area is 135 Å². The number of rotatable bonds is 2. The van der Waals surface area contributed by atoms with Gasteiger partial charge in [-0.05, 0) is 31.3 Å². The number of nitrogens with one attached hydrogen (secondary N) is 1. The van der Waals surface area contributed by atoms with E-state index < -0.39 is 0 Å². The zero-order valence-corrected chi connectivity index (χ0v) is 13.2. The first-order valence-corrected chi connectivity index (χ1v) is 8.27. The van der Waals surface area contributed by atoms with E-state index in [0.29, 0.717) is 0 Å². The van der Waals surface area contributed by atoms with Crippen molar-refractivity contribution in [1.29, 1.82) is 0 Å². The van der Waals surface area contributed by atoms with Crippen LogP contribution in [-0.2, 0) is 0 Å². The van der Waals surface area contributed by atoms with Crippen molar-refractivity contribution >= 4 is 16.6 Å². The van der Waals surface area contributed by atoms with E-state index in [9.17, 15) is 0 Å². The molecular formula is C19H20N4. The highest BCUT2D eigenvalue weighted by atomic mass is 15.3. The summed E-state index contributed by atoms with van der Waals surface area (Å²) in [5.41, 5.74) is 4.64. The largest absolute Gasteiger partial charge is 0.368 e. The van der Waals surface area contributed by atoms with Gasteiger partial charge in [-0.25, -0.2) is 0 Å². The molecule has 0 bridgehead atoms. The molecule has 0 amide bonds. The van der Waals surface area contributed by atoms with Crippen LogP contribution in [0.2, 0.25) is 0 Å². The molecule has 4 nitrogen and oxygen atoms in total. The first-order chi connectivity index (χ1) is 11.3. The zero-order chi connectivity index (χ0) is 15.4. The Kier molecular flexibility index (Phi) is 2.76. The first kappa shape index (κ1) is 13.1. The molecule has 2 fully saturated rings. The lowest BCUT2D eigenvalue weighted by Crippen LogP contribution is -2.52. The van der Waals surface area contributed by atoms with Crippen molar-refractivity contribution < 1.29 is 0 Å². The van der Waals surface area contributed by atoms with Crippen molar-refractivity contribution in [3.8, 4) is 11.3 Å². The molecule has 1 N–H and O–H groups in total. The molecule has 2 aliphatic rings. The number of hydrogen-bond donors (Lipinski definition) is 1. The van der Waals surface area contributed by atoms with Crippen LogP contribution in [0, 0.1) is 5.92 Å². The van der Waals surface area contributed by atoms with Gasteiger partial charge < -0.3 is 14.8 Å². The summed E-state index contributed by atoms with van der Waals surface area (Å²) in [7, 11) is 2.23. The molecule has 2 aliphatic heterocycles. The van der Waals surface area contributed by atoms with Gasteiger partial charge in [0, 0.05) is 54.3 Å². The number of likely N-dealkylation sites (tertiary alicyclic amines) is 1. The SMILES string of the molecule is CN1C[C@@H]2CN(c3ccc(-c4cccc5[nH]ccc45)nc3)C[C@@H]21.